The Kier molecular flexibility index (Phi) is 5.99. The van der Waals surface area contributed by atoms with E-state index in [-0.39, 0.29) is 30.7 Å². The minimum Gasteiger partial charge on any atom is -0.465 e. The number of amides is 1. The standard InChI is InChI=1S/C14H25N3O4/c1-14(2,3)17(13(19)20)9-8-11(15)16-21-12(18)10-6-4-5-7-10/h10H,4-9H2,1-3H3,(H2,15,16)(H,19,20). The lowest BCUT2D eigenvalue weighted by molar-refractivity contribution is -0.148. The first kappa shape index (κ1) is 17.3. The Hall–Kier alpha value is -1.79. The summed E-state index contributed by atoms with van der Waals surface area (Å²) in [7, 11) is 0. The third-order valence-electron chi connectivity index (χ3n) is 3.57. The highest BCUT2D eigenvalue weighted by molar-refractivity contribution is 5.82. The molecule has 0 aromatic carbocycles. The second-order valence-corrected chi connectivity index (χ2v) is 6.33. The molecule has 1 aliphatic rings. The quantitative estimate of drug-likeness (QED) is 0.350. The van der Waals surface area contributed by atoms with Gasteiger partial charge in [0.15, 0.2) is 0 Å². The summed E-state index contributed by atoms with van der Waals surface area (Å²) in [4.78, 5) is 28.9. The molecule has 0 saturated heterocycles. The van der Waals surface area contributed by atoms with E-state index in [4.69, 9.17) is 15.7 Å². The third kappa shape index (κ3) is 5.61. The van der Waals surface area contributed by atoms with E-state index in [0.717, 1.165) is 25.7 Å². The van der Waals surface area contributed by atoms with Crippen LogP contribution in [-0.2, 0) is 9.63 Å². The van der Waals surface area contributed by atoms with Gasteiger partial charge >= 0.3 is 12.1 Å². The number of nitrogens with zero attached hydrogens (tertiary/aromatic N) is 2. The van der Waals surface area contributed by atoms with E-state index in [1.807, 2.05) is 0 Å². The SMILES string of the molecule is CC(C)(C)N(CCC(N)=NOC(=O)C1CCCC1)C(=O)O. The van der Waals surface area contributed by atoms with Gasteiger partial charge in [0.25, 0.3) is 0 Å². The Morgan fingerprint density at radius 3 is 2.38 bits per heavy atom. The summed E-state index contributed by atoms with van der Waals surface area (Å²) >= 11 is 0. The number of hydrogen-bond donors (Lipinski definition) is 2. The third-order valence-corrected chi connectivity index (χ3v) is 3.57. The Balaban J connectivity index is 2.44. The zero-order valence-electron chi connectivity index (χ0n) is 13.0. The molecule has 120 valence electrons. The number of carboxylic acid groups (broad SMARTS) is 1. The average molecular weight is 299 g/mol. The Bertz CT molecular complexity index is 409. The summed E-state index contributed by atoms with van der Waals surface area (Å²) in [5.74, 6) is -0.301. The van der Waals surface area contributed by atoms with Crippen molar-refractivity contribution in [3.05, 3.63) is 0 Å². The lowest BCUT2D eigenvalue weighted by atomic mass is 10.1. The van der Waals surface area contributed by atoms with Crippen LogP contribution in [0.3, 0.4) is 0 Å². The summed E-state index contributed by atoms with van der Waals surface area (Å²) in [6, 6.07) is 0. The maximum absolute atomic E-state index is 11.7. The minimum absolute atomic E-state index is 0.0772. The van der Waals surface area contributed by atoms with Crippen LogP contribution < -0.4 is 5.73 Å². The van der Waals surface area contributed by atoms with Crippen LogP contribution in [0, 0.1) is 5.92 Å². The largest absolute Gasteiger partial charge is 0.465 e. The van der Waals surface area contributed by atoms with Crippen molar-refractivity contribution in [2.75, 3.05) is 6.54 Å². The van der Waals surface area contributed by atoms with E-state index in [9.17, 15) is 9.59 Å². The fourth-order valence-corrected chi connectivity index (χ4v) is 2.33. The molecule has 1 fully saturated rings. The molecular weight excluding hydrogens is 274 g/mol. The van der Waals surface area contributed by atoms with Crippen molar-refractivity contribution in [1.82, 2.24) is 4.90 Å². The topological polar surface area (TPSA) is 105 Å². The lowest BCUT2D eigenvalue weighted by Crippen LogP contribution is -2.46. The molecule has 1 rings (SSSR count). The molecule has 7 nitrogen and oxygen atoms in total. The zero-order valence-corrected chi connectivity index (χ0v) is 13.0. The highest BCUT2D eigenvalue weighted by atomic mass is 16.7. The Morgan fingerprint density at radius 1 is 1.33 bits per heavy atom. The molecule has 0 radical (unpaired) electrons. The van der Waals surface area contributed by atoms with Crippen molar-refractivity contribution in [3.8, 4) is 0 Å². The van der Waals surface area contributed by atoms with Crippen LogP contribution >= 0.6 is 0 Å². The molecular formula is C14H25N3O4. The highest BCUT2D eigenvalue weighted by Gasteiger charge is 2.26. The molecule has 0 aromatic rings. The van der Waals surface area contributed by atoms with Gasteiger partial charge in [-0.1, -0.05) is 18.0 Å². The Labute approximate surface area is 125 Å². The molecule has 0 bridgehead atoms. The van der Waals surface area contributed by atoms with Crippen LogP contribution in [0.1, 0.15) is 52.9 Å². The van der Waals surface area contributed by atoms with Gasteiger partial charge in [-0.05, 0) is 33.6 Å². The first-order valence-electron chi connectivity index (χ1n) is 7.25. The van der Waals surface area contributed by atoms with Crippen molar-refractivity contribution < 1.29 is 19.5 Å². The highest BCUT2D eigenvalue weighted by Crippen LogP contribution is 2.25. The minimum atomic E-state index is -1.02. The number of carbonyl (C=O) groups is 2. The van der Waals surface area contributed by atoms with E-state index in [2.05, 4.69) is 5.16 Å². The summed E-state index contributed by atoms with van der Waals surface area (Å²) in [5.41, 5.74) is 5.14. The molecule has 3 N–H and O–H groups in total. The summed E-state index contributed by atoms with van der Waals surface area (Å²) in [5, 5.41) is 12.8. The molecule has 21 heavy (non-hydrogen) atoms. The number of amidine groups is 1. The second-order valence-electron chi connectivity index (χ2n) is 6.33. The molecule has 0 heterocycles. The van der Waals surface area contributed by atoms with E-state index < -0.39 is 11.6 Å². The molecule has 0 spiro atoms. The molecule has 0 unspecified atom stereocenters. The second kappa shape index (κ2) is 7.28. The number of nitrogens with two attached hydrogens (primary N) is 1. The van der Waals surface area contributed by atoms with Crippen LogP contribution in [0.2, 0.25) is 0 Å². The molecule has 7 heteroatoms. The maximum atomic E-state index is 11.7. The van der Waals surface area contributed by atoms with Crippen molar-refractivity contribution in [2.45, 2.75) is 58.4 Å². The maximum Gasteiger partial charge on any atom is 0.407 e. The summed E-state index contributed by atoms with van der Waals surface area (Å²) < 4.78 is 0. The van der Waals surface area contributed by atoms with E-state index >= 15 is 0 Å². The molecule has 0 aliphatic heterocycles. The van der Waals surface area contributed by atoms with Gasteiger partial charge < -0.3 is 20.6 Å². The first-order chi connectivity index (χ1) is 9.71. The fourth-order valence-electron chi connectivity index (χ4n) is 2.33. The number of hydrogen-bond acceptors (Lipinski definition) is 4. The van der Waals surface area contributed by atoms with Crippen molar-refractivity contribution >= 4 is 17.9 Å². The summed E-state index contributed by atoms with van der Waals surface area (Å²) in [6.45, 7) is 5.60. The van der Waals surface area contributed by atoms with Gasteiger partial charge in [0.05, 0.1) is 5.92 Å². The lowest BCUT2D eigenvalue weighted by Gasteiger charge is -2.32. The molecule has 0 atom stereocenters. The van der Waals surface area contributed by atoms with E-state index in [0.29, 0.717) is 0 Å². The average Bonchev–Trinajstić information content (AvgIpc) is 2.87. The molecule has 0 aromatic heterocycles. The smallest absolute Gasteiger partial charge is 0.407 e. The van der Waals surface area contributed by atoms with Crippen LogP contribution in [0.5, 0.6) is 0 Å². The van der Waals surface area contributed by atoms with Crippen molar-refractivity contribution in [3.63, 3.8) is 0 Å². The van der Waals surface area contributed by atoms with Crippen LogP contribution in [-0.4, -0.2) is 40.0 Å². The van der Waals surface area contributed by atoms with Crippen LogP contribution in [0.15, 0.2) is 5.16 Å². The molecule has 1 amide bonds. The van der Waals surface area contributed by atoms with Gasteiger partial charge in [-0.15, -0.1) is 0 Å². The fraction of sp³-hybridized carbons (Fsp3) is 0.786. The van der Waals surface area contributed by atoms with E-state index in [1.165, 1.54) is 4.90 Å². The summed E-state index contributed by atoms with van der Waals surface area (Å²) in [6.07, 6.45) is 2.96. The van der Waals surface area contributed by atoms with Gasteiger partial charge in [-0.3, -0.25) is 0 Å². The van der Waals surface area contributed by atoms with Crippen LogP contribution in [0.4, 0.5) is 4.79 Å². The predicted molar refractivity (Wildman–Crippen MR) is 78.8 cm³/mol. The number of oxime groups is 1. The van der Waals surface area contributed by atoms with Gasteiger partial charge in [-0.2, -0.15) is 0 Å². The monoisotopic (exact) mass is 299 g/mol. The number of carbonyl (C=O) groups excluding carboxylic acids is 1. The van der Waals surface area contributed by atoms with Gasteiger partial charge in [-0.25, -0.2) is 9.59 Å². The van der Waals surface area contributed by atoms with Crippen LogP contribution in [0.25, 0.3) is 0 Å². The first-order valence-corrected chi connectivity index (χ1v) is 7.25. The van der Waals surface area contributed by atoms with Gasteiger partial charge in [0.1, 0.15) is 5.84 Å². The Morgan fingerprint density at radius 2 is 1.90 bits per heavy atom. The van der Waals surface area contributed by atoms with Crippen molar-refractivity contribution in [1.29, 1.82) is 0 Å². The molecule has 1 saturated carbocycles. The molecule has 1 aliphatic carbocycles. The van der Waals surface area contributed by atoms with Gasteiger partial charge in [0, 0.05) is 18.5 Å². The normalized spacial score (nSPS) is 16.8. The van der Waals surface area contributed by atoms with Gasteiger partial charge in [0.2, 0.25) is 0 Å². The number of rotatable bonds is 5. The van der Waals surface area contributed by atoms with E-state index in [1.54, 1.807) is 20.8 Å². The van der Waals surface area contributed by atoms with Crippen molar-refractivity contribution in [2.24, 2.45) is 16.8 Å². The zero-order chi connectivity index (χ0) is 16.0. The predicted octanol–water partition coefficient (Wildman–Crippen LogP) is 2.16.